The van der Waals surface area contributed by atoms with Gasteiger partial charge in [-0.25, -0.2) is 0 Å². The van der Waals surface area contributed by atoms with E-state index in [1.807, 2.05) is 31.2 Å². The van der Waals surface area contributed by atoms with Crippen molar-refractivity contribution in [1.29, 1.82) is 0 Å². The highest BCUT2D eigenvalue weighted by atomic mass is 16.5. The lowest BCUT2D eigenvalue weighted by atomic mass is 10.0. The molecule has 0 saturated carbocycles. The summed E-state index contributed by atoms with van der Waals surface area (Å²) < 4.78 is 5.11. The first-order valence-corrected chi connectivity index (χ1v) is 5.82. The molecule has 3 N–H and O–H groups in total. The SMILES string of the molecule is Cc1ccc(-c2noc(CC(C)(O)CN)n2)cc1. The minimum atomic E-state index is -1.02. The Morgan fingerprint density at radius 1 is 1.33 bits per heavy atom. The maximum absolute atomic E-state index is 9.84. The summed E-state index contributed by atoms with van der Waals surface area (Å²) in [7, 11) is 0. The standard InChI is InChI=1S/C13H17N3O2/c1-9-3-5-10(6-4-9)12-15-11(18-16-12)7-13(2,17)8-14/h3-6,17H,7-8,14H2,1-2H3. The van der Waals surface area contributed by atoms with Gasteiger partial charge in [-0.3, -0.25) is 0 Å². The topological polar surface area (TPSA) is 85.2 Å². The molecule has 0 fully saturated rings. The van der Waals surface area contributed by atoms with Crippen LogP contribution in [-0.4, -0.2) is 27.4 Å². The average molecular weight is 247 g/mol. The summed E-state index contributed by atoms with van der Waals surface area (Å²) in [6, 6.07) is 7.85. The Bertz CT molecular complexity index is 517. The molecule has 1 aromatic carbocycles. The van der Waals surface area contributed by atoms with Gasteiger partial charge in [-0.15, -0.1) is 0 Å². The van der Waals surface area contributed by atoms with Crippen molar-refractivity contribution in [2.24, 2.45) is 5.73 Å². The van der Waals surface area contributed by atoms with Crippen LogP contribution in [0.3, 0.4) is 0 Å². The van der Waals surface area contributed by atoms with Crippen LogP contribution in [0, 0.1) is 6.92 Å². The zero-order valence-corrected chi connectivity index (χ0v) is 10.6. The molecular formula is C13H17N3O2. The number of benzene rings is 1. The van der Waals surface area contributed by atoms with Crippen molar-refractivity contribution in [2.75, 3.05) is 6.54 Å². The molecule has 0 aliphatic rings. The quantitative estimate of drug-likeness (QED) is 0.850. The second kappa shape index (κ2) is 4.88. The molecule has 18 heavy (non-hydrogen) atoms. The Balaban J connectivity index is 2.18. The molecule has 5 nitrogen and oxygen atoms in total. The third-order valence-corrected chi connectivity index (χ3v) is 2.75. The Morgan fingerprint density at radius 2 is 2.00 bits per heavy atom. The van der Waals surface area contributed by atoms with E-state index < -0.39 is 5.60 Å². The number of nitrogens with zero attached hydrogens (tertiary/aromatic N) is 2. The van der Waals surface area contributed by atoms with E-state index in [4.69, 9.17) is 10.3 Å². The maximum atomic E-state index is 9.84. The molecule has 1 heterocycles. The van der Waals surface area contributed by atoms with Crippen LogP contribution in [0.15, 0.2) is 28.8 Å². The third-order valence-electron chi connectivity index (χ3n) is 2.75. The van der Waals surface area contributed by atoms with Crippen LogP contribution in [-0.2, 0) is 6.42 Å². The maximum Gasteiger partial charge on any atom is 0.229 e. The lowest BCUT2D eigenvalue weighted by molar-refractivity contribution is 0.0610. The number of rotatable bonds is 4. The number of aromatic nitrogens is 2. The van der Waals surface area contributed by atoms with E-state index in [9.17, 15) is 5.11 Å². The first-order chi connectivity index (χ1) is 8.50. The first-order valence-electron chi connectivity index (χ1n) is 5.82. The van der Waals surface area contributed by atoms with Crippen LogP contribution in [0.25, 0.3) is 11.4 Å². The van der Waals surface area contributed by atoms with E-state index in [2.05, 4.69) is 10.1 Å². The van der Waals surface area contributed by atoms with Gasteiger partial charge < -0.3 is 15.4 Å². The molecule has 96 valence electrons. The second-order valence-electron chi connectivity index (χ2n) is 4.76. The van der Waals surface area contributed by atoms with Crippen LogP contribution in [0.4, 0.5) is 0 Å². The molecule has 1 unspecified atom stereocenters. The van der Waals surface area contributed by atoms with Crippen LogP contribution in [0.2, 0.25) is 0 Å². The highest BCUT2D eigenvalue weighted by Crippen LogP contribution is 2.18. The van der Waals surface area contributed by atoms with E-state index in [-0.39, 0.29) is 13.0 Å². The van der Waals surface area contributed by atoms with Crippen LogP contribution < -0.4 is 5.73 Å². The lowest BCUT2D eigenvalue weighted by Crippen LogP contribution is -2.36. The first kappa shape index (κ1) is 12.7. The number of aliphatic hydroxyl groups is 1. The fourth-order valence-electron chi connectivity index (χ4n) is 1.54. The van der Waals surface area contributed by atoms with Crippen molar-refractivity contribution < 1.29 is 9.63 Å². The van der Waals surface area contributed by atoms with Gasteiger partial charge in [0.05, 0.1) is 12.0 Å². The molecule has 0 saturated heterocycles. The summed E-state index contributed by atoms with van der Waals surface area (Å²) in [5, 5.41) is 13.7. The molecular weight excluding hydrogens is 230 g/mol. The zero-order valence-electron chi connectivity index (χ0n) is 10.6. The fraction of sp³-hybridized carbons (Fsp3) is 0.385. The zero-order chi connectivity index (χ0) is 13.2. The van der Waals surface area contributed by atoms with Crippen molar-refractivity contribution >= 4 is 0 Å². The minimum absolute atomic E-state index is 0.148. The molecule has 1 atom stereocenters. The molecule has 0 bridgehead atoms. The van der Waals surface area contributed by atoms with E-state index >= 15 is 0 Å². The highest BCUT2D eigenvalue weighted by molar-refractivity contribution is 5.54. The Hall–Kier alpha value is -1.72. The van der Waals surface area contributed by atoms with Gasteiger partial charge in [0.1, 0.15) is 0 Å². The summed E-state index contributed by atoms with van der Waals surface area (Å²) in [4.78, 5) is 4.25. The van der Waals surface area contributed by atoms with Gasteiger partial charge in [0.15, 0.2) is 0 Å². The molecule has 0 spiro atoms. The van der Waals surface area contributed by atoms with Gasteiger partial charge in [-0.1, -0.05) is 35.0 Å². The van der Waals surface area contributed by atoms with Gasteiger partial charge in [-0.05, 0) is 13.8 Å². The predicted molar refractivity (Wildman–Crippen MR) is 67.9 cm³/mol. The van der Waals surface area contributed by atoms with Gasteiger partial charge in [0.2, 0.25) is 11.7 Å². The van der Waals surface area contributed by atoms with Crippen LogP contribution in [0.1, 0.15) is 18.4 Å². The average Bonchev–Trinajstić information content (AvgIpc) is 2.78. The summed E-state index contributed by atoms with van der Waals surface area (Å²) in [6.45, 7) is 3.81. The van der Waals surface area contributed by atoms with Crippen LogP contribution in [0.5, 0.6) is 0 Å². The molecule has 2 rings (SSSR count). The van der Waals surface area contributed by atoms with Crippen molar-refractivity contribution in [3.8, 4) is 11.4 Å². The molecule has 0 amide bonds. The summed E-state index contributed by atoms with van der Waals surface area (Å²) >= 11 is 0. The molecule has 5 heteroatoms. The van der Waals surface area contributed by atoms with E-state index in [1.54, 1.807) is 6.92 Å². The smallest absolute Gasteiger partial charge is 0.229 e. The minimum Gasteiger partial charge on any atom is -0.388 e. The van der Waals surface area contributed by atoms with Crippen LogP contribution >= 0.6 is 0 Å². The molecule has 0 aliphatic heterocycles. The van der Waals surface area contributed by atoms with Crippen molar-refractivity contribution in [2.45, 2.75) is 25.9 Å². The Kier molecular flexibility index (Phi) is 3.45. The van der Waals surface area contributed by atoms with Gasteiger partial charge in [0, 0.05) is 12.1 Å². The fourth-order valence-corrected chi connectivity index (χ4v) is 1.54. The van der Waals surface area contributed by atoms with Gasteiger partial charge in [-0.2, -0.15) is 4.98 Å². The number of aryl methyl sites for hydroxylation is 1. The summed E-state index contributed by atoms with van der Waals surface area (Å²) in [5.41, 5.74) is 6.50. The van der Waals surface area contributed by atoms with E-state index in [0.29, 0.717) is 11.7 Å². The van der Waals surface area contributed by atoms with Crippen molar-refractivity contribution in [3.63, 3.8) is 0 Å². The van der Waals surface area contributed by atoms with Crippen molar-refractivity contribution in [3.05, 3.63) is 35.7 Å². The second-order valence-corrected chi connectivity index (χ2v) is 4.76. The highest BCUT2D eigenvalue weighted by Gasteiger charge is 2.22. The normalized spacial score (nSPS) is 14.4. The molecule has 2 aromatic rings. The number of nitrogens with two attached hydrogens (primary N) is 1. The monoisotopic (exact) mass is 247 g/mol. The predicted octanol–water partition coefficient (Wildman–Crippen LogP) is 1.30. The van der Waals surface area contributed by atoms with Crippen molar-refractivity contribution in [1.82, 2.24) is 10.1 Å². The number of hydrogen-bond donors (Lipinski definition) is 2. The lowest BCUT2D eigenvalue weighted by Gasteiger charge is -2.17. The van der Waals surface area contributed by atoms with E-state index in [1.165, 1.54) is 5.56 Å². The number of hydrogen-bond acceptors (Lipinski definition) is 5. The largest absolute Gasteiger partial charge is 0.388 e. The van der Waals surface area contributed by atoms with Gasteiger partial charge in [0.25, 0.3) is 0 Å². The summed E-state index contributed by atoms with van der Waals surface area (Å²) in [6.07, 6.45) is 0.252. The third kappa shape index (κ3) is 2.94. The molecule has 0 radical (unpaired) electrons. The van der Waals surface area contributed by atoms with Gasteiger partial charge >= 0.3 is 0 Å². The Morgan fingerprint density at radius 3 is 2.61 bits per heavy atom. The summed E-state index contributed by atoms with van der Waals surface area (Å²) in [5.74, 6) is 0.916. The van der Waals surface area contributed by atoms with E-state index in [0.717, 1.165) is 5.56 Å². The molecule has 1 aromatic heterocycles. The Labute approximate surface area is 106 Å². The molecule has 0 aliphatic carbocycles.